The van der Waals surface area contributed by atoms with Crippen molar-refractivity contribution in [1.29, 1.82) is 0 Å². The van der Waals surface area contributed by atoms with Gasteiger partial charge in [-0.1, -0.05) is 0 Å². The van der Waals surface area contributed by atoms with Gasteiger partial charge in [-0.2, -0.15) is 0 Å². The Bertz CT molecular complexity index is 640. The summed E-state index contributed by atoms with van der Waals surface area (Å²) in [4.78, 5) is 9.22. The first-order valence-corrected chi connectivity index (χ1v) is 7.51. The Balaban J connectivity index is 2.45. The number of rotatable bonds is 4. The van der Waals surface area contributed by atoms with E-state index in [1.165, 1.54) is 0 Å². The van der Waals surface area contributed by atoms with E-state index in [0.717, 1.165) is 25.7 Å². The maximum absolute atomic E-state index is 13.7. The zero-order valence-electron chi connectivity index (χ0n) is 10.4. The summed E-state index contributed by atoms with van der Waals surface area (Å²) in [6.45, 7) is 0. The maximum Gasteiger partial charge on any atom is 0.312 e. The van der Waals surface area contributed by atoms with Gasteiger partial charge in [0, 0.05) is 12.1 Å². The second kappa shape index (κ2) is 5.33. The molecule has 20 heavy (non-hydrogen) atoms. The van der Waals surface area contributed by atoms with Crippen LogP contribution in [0, 0.1) is 15.9 Å². The molecule has 1 fully saturated rings. The van der Waals surface area contributed by atoms with E-state index < -0.39 is 31.3 Å². The zero-order valence-corrected chi connectivity index (χ0v) is 11.2. The number of ether oxygens (including phenoxy) is 1. The van der Waals surface area contributed by atoms with Crippen LogP contribution in [0.4, 0.5) is 10.1 Å². The third kappa shape index (κ3) is 3.05. The molecule has 0 heterocycles. The first kappa shape index (κ1) is 14.7. The average molecular weight is 304 g/mol. The normalized spacial score (nSPS) is 16.3. The number of hydrogen-bond donors (Lipinski definition) is 1. The first-order chi connectivity index (χ1) is 9.29. The predicted octanol–water partition coefficient (Wildman–Crippen LogP) is 1.70. The van der Waals surface area contributed by atoms with Gasteiger partial charge in [-0.05, 0) is 25.7 Å². The molecule has 0 bridgehead atoms. The summed E-state index contributed by atoms with van der Waals surface area (Å²) < 4.78 is 41.4. The lowest BCUT2D eigenvalue weighted by Gasteiger charge is -2.13. The topological polar surface area (TPSA) is 113 Å². The number of benzene rings is 1. The van der Waals surface area contributed by atoms with Gasteiger partial charge in [0.25, 0.3) is 0 Å². The Hall–Kier alpha value is -1.74. The minimum Gasteiger partial charge on any atom is -0.483 e. The molecule has 0 spiro atoms. The number of nitrogens with two attached hydrogens (primary N) is 1. The van der Waals surface area contributed by atoms with Crippen LogP contribution in [0.1, 0.15) is 25.7 Å². The molecule has 1 aromatic rings. The van der Waals surface area contributed by atoms with Crippen LogP contribution in [0.25, 0.3) is 0 Å². The molecule has 0 unspecified atom stereocenters. The van der Waals surface area contributed by atoms with Crippen molar-refractivity contribution in [1.82, 2.24) is 0 Å². The fourth-order valence-electron chi connectivity index (χ4n) is 2.17. The molecule has 0 atom stereocenters. The number of halogens is 1. The Morgan fingerprint density at radius 1 is 1.35 bits per heavy atom. The second-order valence-corrected chi connectivity index (χ2v) is 6.11. The van der Waals surface area contributed by atoms with Gasteiger partial charge in [-0.3, -0.25) is 10.1 Å². The van der Waals surface area contributed by atoms with Crippen LogP contribution >= 0.6 is 0 Å². The molecule has 0 aromatic heterocycles. The quantitative estimate of drug-likeness (QED) is 0.672. The van der Waals surface area contributed by atoms with Gasteiger partial charge in [-0.25, -0.2) is 17.9 Å². The van der Waals surface area contributed by atoms with Crippen molar-refractivity contribution in [3.63, 3.8) is 0 Å². The lowest BCUT2D eigenvalue weighted by molar-refractivity contribution is -0.386. The van der Waals surface area contributed by atoms with Crippen molar-refractivity contribution in [2.24, 2.45) is 5.14 Å². The summed E-state index contributed by atoms with van der Waals surface area (Å²) in [5.41, 5.74) is -0.609. The third-order valence-corrected chi connectivity index (χ3v) is 4.04. The zero-order chi connectivity index (χ0) is 14.9. The molecule has 0 saturated heterocycles. The molecule has 0 aliphatic heterocycles. The number of nitro groups is 1. The SMILES string of the molecule is NS(=O)(=O)c1cc([N+](=O)[O-])c(OC2CCCC2)cc1F. The molecule has 7 nitrogen and oxygen atoms in total. The van der Waals surface area contributed by atoms with Gasteiger partial charge in [0.1, 0.15) is 10.7 Å². The summed E-state index contributed by atoms with van der Waals surface area (Å²) >= 11 is 0. The van der Waals surface area contributed by atoms with Crippen molar-refractivity contribution in [3.8, 4) is 5.75 Å². The van der Waals surface area contributed by atoms with Gasteiger partial charge < -0.3 is 4.74 Å². The minimum absolute atomic E-state index is 0.214. The van der Waals surface area contributed by atoms with Crippen molar-refractivity contribution >= 4 is 15.7 Å². The smallest absolute Gasteiger partial charge is 0.312 e. The van der Waals surface area contributed by atoms with E-state index in [0.29, 0.717) is 12.1 Å². The summed E-state index contributed by atoms with van der Waals surface area (Å²) in [6.07, 6.45) is 3.13. The molecule has 1 aromatic carbocycles. The highest BCUT2D eigenvalue weighted by atomic mass is 32.2. The summed E-state index contributed by atoms with van der Waals surface area (Å²) in [5.74, 6) is -1.43. The highest BCUT2D eigenvalue weighted by Gasteiger charge is 2.27. The third-order valence-electron chi connectivity index (χ3n) is 3.11. The van der Waals surface area contributed by atoms with Gasteiger partial charge in [0.05, 0.1) is 11.0 Å². The van der Waals surface area contributed by atoms with E-state index in [-0.39, 0.29) is 11.9 Å². The monoisotopic (exact) mass is 304 g/mol. The first-order valence-electron chi connectivity index (χ1n) is 5.96. The number of nitro benzene ring substituents is 1. The van der Waals surface area contributed by atoms with Crippen molar-refractivity contribution in [2.75, 3.05) is 0 Å². The summed E-state index contributed by atoms with van der Waals surface area (Å²) in [5, 5.41) is 15.8. The van der Waals surface area contributed by atoms with E-state index in [1.807, 2.05) is 0 Å². The van der Waals surface area contributed by atoms with E-state index in [9.17, 15) is 22.9 Å². The average Bonchev–Trinajstić information content (AvgIpc) is 2.79. The van der Waals surface area contributed by atoms with Gasteiger partial charge in [0.2, 0.25) is 10.0 Å². The van der Waals surface area contributed by atoms with Gasteiger partial charge >= 0.3 is 5.69 Å². The van der Waals surface area contributed by atoms with E-state index in [2.05, 4.69) is 0 Å². The van der Waals surface area contributed by atoms with E-state index in [4.69, 9.17) is 9.88 Å². The van der Waals surface area contributed by atoms with Gasteiger partial charge in [0.15, 0.2) is 5.75 Å². The largest absolute Gasteiger partial charge is 0.483 e. The minimum atomic E-state index is -4.37. The molecule has 2 rings (SSSR count). The number of hydrogen-bond acceptors (Lipinski definition) is 5. The van der Waals surface area contributed by atoms with Gasteiger partial charge in [-0.15, -0.1) is 0 Å². The fraction of sp³-hybridized carbons (Fsp3) is 0.455. The second-order valence-electron chi connectivity index (χ2n) is 4.58. The highest BCUT2D eigenvalue weighted by molar-refractivity contribution is 7.89. The standard InChI is InChI=1S/C11H13FN2O5S/c12-8-5-10(19-7-3-1-2-4-7)9(14(15)16)6-11(8)20(13,17)18/h5-7H,1-4H2,(H2,13,17,18). The van der Waals surface area contributed by atoms with Crippen LogP contribution < -0.4 is 9.88 Å². The van der Waals surface area contributed by atoms with Crippen molar-refractivity contribution in [2.45, 2.75) is 36.7 Å². The van der Waals surface area contributed by atoms with Crippen LogP contribution in [0.15, 0.2) is 17.0 Å². The van der Waals surface area contributed by atoms with E-state index in [1.54, 1.807) is 0 Å². The molecule has 9 heteroatoms. The number of primary sulfonamides is 1. The Kier molecular flexibility index (Phi) is 3.91. The molecule has 110 valence electrons. The molecule has 2 N–H and O–H groups in total. The molecule has 0 amide bonds. The molecule has 1 aliphatic rings. The lowest BCUT2D eigenvalue weighted by atomic mass is 10.2. The van der Waals surface area contributed by atoms with E-state index >= 15 is 0 Å². The maximum atomic E-state index is 13.7. The summed E-state index contributed by atoms with van der Waals surface area (Å²) in [7, 11) is -4.37. The Morgan fingerprint density at radius 2 is 1.95 bits per heavy atom. The highest BCUT2D eigenvalue weighted by Crippen LogP contribution is 2.34. The van der Waals surface area contributed by atoms with Crippen LogP contribution in [0.2, 0.25) is 0 Å². The molecular weight excluding hydrogens is 291 g/mol. The lowest BCUT2D eigenvalue weighted by Crippen LogP contribution is -2.16. The summed E-state index contributed by atoms with van der Waals surface area (Å²) in [6, 6.07) is 1.30. The van der Waals surface area contributed by atoms with Crippen LogP contribution in [-0.2, 0) is 10.0 Å². The van der Waals surface area contributed by atoms with Crippen LogP contribution in [0.5, 0.6) is 5.75 Å². The van der Waals surface area contributed by atoms with Crippen molar-refractivity contribution < 1.29 is 22.5 Å². The van der Waals surface area contributed by atoms with Crippen LogP contribution in [0.3, 0.4) is 0 Å². The molecule has 1 aliphatic carbocycles. The number of sulfonamides is 1. The molecule has 1 saturated carbocycles. The Labute approximate surface area is 114 Å². The molecule has 0 radical (unpaired) electrons. The fourth-order valence-corrected chi connectivity index (χ4v) is 2.77. The van der Waals surface area contributed by atoms with Crippen LogP contribution in [-0.4, -0.2) is 19.4 Å². The predicted molar refractivity (Wildman–Crippen MR) is 67.3 cm³/mol. The van der Waals surface area contributed by atoms with Crippen molar-refractivity contribution in [3.05, 3.63) is 28.1 Å². The Morgan fingerprint density at radius 3 is 2.45 bits per heavy atom. The number of nitrogens with zero attached hydrogens (tertiary/aromatic N) is 1. The molecular formula is C11H13FN2O5S.